The van der Waals surface area contributed by atoms with E-state index in [0.29, 0.717) is 45.3 Å². The molecule has 0 saturated carbocycles. The first kappa shape index (κ1) is 21.9. The van der Waals surface area contributed by atoms with Gasteiger partial charge in [0.05, 0.1) is 6.54 Å². The Kier molecular flexibility index (Phi) is 10.1. The second-order valence-corrected chi connectivity index (χ2v) is 6.06. The first-order chi connectivity index (χ1) is 11.7. The summed E-state index contributed by atoms with van der Waals surface area (Å²) in [5.41, 5.74) is 0. The Morgan fingerprint density at radius 3 is 2.40 bits per heavy atom. The average Bonchev–Trinajstić information content (AvgIpc) is 3.15. The maximum absolute atomic E-state index is 12.3. The van der Waals surface area contributed by atoms with Gasteiger partial charge in [0.25, 0.3) is 5.91 Å². The molecular formula is C16H30IN5O3. The molecule has 1 unspecified atom stereocenters. The second-order valence-electron chi connectivity index (χ2n) is 6.06. The van der Waals surface area contributed by atoms with Crippen LogP contribution >= 0.6 is 24.0 Å². The Morgan fingerprint density at radius 1 is 1.16 bits per heavy atom. The molecule has 9 heteroatoms. The molecule has 0 aliphatic carbocycles. The minimum absolute atomic E-state index is 0. The molecule has 0 aromatic rings. The Balaban J connectivity index is 0.00000312. The summed E-state index contributed by atoms with van der Waals surface area (Å²) in [5.74, 6) is 0.769. The Hall–Kier alpha value is -1.10. The third-order valence-corrected chi connectivity index (χ3v) is 4.29. The minimum Gasteiger partial charge on any atom is -0.368 e. The predicted molar refractivity (Wildman–Crippen MR) is 107 cm³/mol. The van der Waals surface area contributed by atoms with E-state index in [2.05, 4.69) is 20.5 Å². The lowest BCUT2D eigenvalue weighted by molar-refractivity contribution is -0.142. The summed E-state index contributed by atoms with van der Waals surface area (Å²) in [6, 6.07) is 0. The zero-order chi connectivity index (χ0) is 17.4. The lowest BCUT2D eigenvalue weighted by Gasteiger charge is -2.37. The van der Waals surface area contributed by atoms with E-state index in [0.717, 1.165) is 19.3 Å². The molecule has 8 nitrogen and oxygen atoms in total. The number of guanidine groups is 1. The first-order valence-corrected chi connectivity index (χ1v) is 8.78. The van der Waals surface area contributed by atoms with Crippen molar-refractivity contribution in [2.75, 3.05) is 52.9 Å². The Morgan fingerprint density at radius 2 is 1.84 bits per heavy atom. The van der Waals surface area contributed by atoms with Gasteiger partial charge in [-0.05, 0) is 19.3 Å². The fraction of sp³-hybridized carbons (Fsp3) is 0.812. The Bertz CT molecular complexity index is 461. The van der Waals surface area contributed by atoms with Crippen LogP contribution in [0, 0.1) is 0 Å². The molecule has 2 fully saturated rings. The van der Waals surface area contributed by atoms with Crippen molar-refractivity contribution < 1.29 is 14.3 Å². The van der Waals surface area contributed by atoms with Crippen molar-refractivity contribution in [1.29, 1.82) is 0 Å². The number of nitrogens with one attached hydrogen (secondary N) is 2. The maximum Gasteiger partial charge on any atom is 0.251 e. The van der Waals surface area contributed by atoms with Crippen LogP contribution in [0.2, 0.25) is 0 Å². The standard InChI is InChI=1S/C16H29N5O3.HI/c1-3-6-18-14(22)12-19-16(17-2)21-9-7-20(8-10-21)15(23)13-5-4-11-24-13;/h13H,3-12H2,1-2H3,(H,17,19)(H,18,22);1H. The highest BCUT2D eigenvalue weighted by Crippen LogP contribution is 2.16. The van der Waals surface area contributed by atoms with Crippen LogP contribution in [0.3, 0.4) is 0 Å². The number of rotatable bonds is 5. The number of halogens is 1. The van der Waals surface area contributed by atoms with E-state index in [-0.39, 0.29) is 48.4 Å². The largest absolute Gasteiger partial charge is 0.368 e. The second kappa shape index (κ2) is 11.5. The molecule has 0 spiro atoms. The van der Waals surface area contributed by atoms with Gasteiger partial charge in [0.15, 0.2) is 5.96 Å². The van der Waals surface area contributed by atoms with E-state index in [9.17, 15) is 9.59 Å². The maximum atomic E-state index is 12.3. The van der Waals surface area contributed by atoms with Crippen LogP contribution in [0.15, 0.2) is 4.99 Å². The summed E-state index contributed by atoms with van der Waals surface area (Å²) in [7, 11) is 1.70. The molecule has 0 aromatic heterocycles. The quantitative estimate of drug-likeness (QED) is 0.339. The number of amides is 2. The van der Waals surface area contributed by atoms with Crippen LogP contribution < -0.4 is 10.6 Å². The number of hydrogen-bond donors (Lipinski definition) is 2. The number of carbonyl (C=O) groups is 2. The number of hydrogen-bond acceptors (Lipinski definition) is 4. The lowest BCUT2D eigenvalue weighted by Crippen LogP contribution is -2.56. The number of carbonyl (C=O) groups excluding carboxylic acids is 2. The van der Waals surface area contributed by atoms with Crippen molar-refractivity contribution in [3.63, 3.8) is 0 Å². The van der Waals surface area contributed by atoms with Crippen LogP contribution in [0.1, 0.15) is 26.2 Å². The van der Waals surface area contributed by atoms with Gasteiger partial charge in [-0.15, -0.1) is 24.0 Å². The zero-order valence-electron chi connectivity index (χ0n) is 15.1. The van der Waals surface area contributed by atoms with Crippen molar-refractivity contribution in [3.8, 4) is 0 Å². The summed E-state index contributed by atoms with van der Waals surface area (Å²) in [6.07, 6.45) is 2.46. The summed E-state index contributed by atoms with van der Waals surface area (Å²) >= 11 is 0. The molecule has 2 aliphatic rings. The summed E-state index contributed by atoms with van der Waals surface area (Å²) in [6.45, 7) is 6.31. The van der Waals surface area contributed by atoms with Gasteiger partial charge in [0, 0.05) is 46.4 Å². The van der Waals surface area contributed by atoms with Crippen LogP contribution in [0.25, 0.3) is 0 Å². The number of aliphatic imine (C=N–C) groups is 1. The van der Waals surface area contributed by atoms with Crippen molar-refractivity contribution >= 4 is 41.8 Å². The van der Waals surface area contributed by atoms with Gasteiger partial charge in [-0.2, -0.15) is 0 Å². The summed E-state index contributed by atoms with van der Waals surface area (Å²) in [4.78, 5) is 32.2. The average molecular weight is 467 g/mol. The van der Waals surface area contributed by atoms with Gasteiger partial charge < -0.3 is 25.2 Å². The number of piperazine rings is 1. The van der Waals surface area contributed by atoms with E-state index in [4.69, 9.17) is 4.74 Å². The highest BCUT2D eigenvalue weighted by atomic mass is 127. The minimum atomic E-state index is -0.253. The molecule has 0 radical (unpaired) electrons. The summed E-state index contributed by atoms with van der Waals surface area (Å²) < 4.78 is 5.48. The molecule has 2 rings (SSSR count). The fourth-order valence-corrected chi connectivity index (χ4v) is 2.93. The zero-order valence-corrected chi connectivity index (χ0v) is 17.5. The highest BCUT2D eigenvalue weighted by molar-refractivity contribution is 14.0. The topological polar surface area (TPSA) is 86.3 Å². The van der Waals surface area contributed by atoms with Crippen LogP contribution in [-0.4, -0.2) is 86.6 Å². The van der Waals surface area contributed by atoms with E-state index in [1.807, 2.05) is 11.8 Å². The first-order valence-electron chi connectivity index (χ1n) is 8.78. The van der Waals surface area contributed by atoms with E-state index < -0.39 is 0 Å². The van der Waals surface area contributed by atoms with Crippen LogP contribution in [-0.2, 0) is 14.3 Å². The number of ether oxygens (including phenoxy) is 1. The molecular weight excluding hydrogens is 437 g/mol. The third-order valence-electron chi connectivity index (χ3n) is 4.29. The molecule has 2 saturated heterocycles. The van der Waals surface area contributed by atoms with Crippen molar-refractivity contribution in [2.24, 2.45) is 4.99 Å². The van der Waals surface area contributed by atoms with Gasteiger partial charge in [0.1, 0.15) is 6.10 Å². The molecule has 2 heterocycles. The molecule has 144 valence electrons. The van der Waals surface area contributed by atoms with Crippen molar-refractivity contribution in [1.82, 2.24) is 20.4 Å². The Labute approximate surface area is 166 Å². The molecule has 0 aromatic carbocycles. The molecule has 2 amide bonds. The monoisotopic (exact) mass is 467 g/mol. The summed E-state index contributed by atoms with van der Waals surface area (Å²) in [5, 5.41) is 5.91. The van der Waals surface area contributed by atoms with E-state index in [1.54, 1.807) is 7.05 Å². The lowest BCUT2D eigenvalue weighted by atomic mass is 10.2. The molecule has 2 aliphatic heterocycles. The van der Waals surface area contributed by atoms with E-state index in [1.165, 1.54) is 0 Å². The molecule has 1 atom stereocenters. The van der Waals surface area contributed by atoms with Crippen LogP contribution in [0.4, 0.5) is 0 Å². The van der Waals surface area contributed by atoms with Gasteiger partial charge in [0.2, 0.25) is 5.91 Å². The normalized spacial score (nSPS) is 20.9. The smallest absolute Gasteiger partial charge is 0.251 e. The number of nitrogens with zero attached hydrogens (tertiary/aromatic N) is 3. The molecule has 25 heavy (non-hydrogen) atoms. The molecule has 0 bridgehead atoms. The van der Waals surface area contributed by atoms with Crippen molar-refractivity contribution in [3.05, 3.63) is 0 Å². The van der Waals surface area contributed by atoms with Gasteiger partial charge in [-0.1, -0.05) is 6.92 Å². The van der Waals surface area contributed by atoms with E-state index >= 15 is 0 Å². The van der Waals surface area contributed by atoms with Gasteiger partial charge >= 0.3 is 0 Å². The third kappa shape index (κ3) is 6.61. The van der Waals surface area contributed by atoms with Crippen LogP contribution in [0.5, 0.6) is 0 Å². The van der Waals surface area contributed by atoms with Crippen molar-refractivity contribution in [2.45, 2.75) is 32.3 Å². The van der Waals surface area contributed by atoms with Gasteiger partial charge in [-0.3, -0.25) is 14.6 Å². The SMILES string of the molecule is CCCNC(=O)CNC(=NC)N1CCN(C(=O)C2CCCO2)CC1.I. The predicted octanol–water partition coefficient (Wildman–Crippen LogP) is 0.0292. The fourth-order valence-electron chi connectivity index (χ4n) is 2.93. The highest BCUT2D eigenvalue weighted by Gasteiger charge is 2.30. The van der Waals surface area contributed by atoms with Gasteiger partial charge in [-0.25, -0.2) is 0 Å². The molecule has 2 N–H and O–H groups in total.